The zero-order chi connectivity index (χ0) is 13.0. The number of pyridine rings is 1. The largest absolute Gasteiger partial charge is 0.382 e. The fourth-order valence-corrected chi connectivity index (χ4v) is 2.31. The minimum absolute atomic E-state index is 0.0769. The van der Waals surface area contributed by atoms with Crippen LogP contribution >= 0.6 is 0 Å². The van der Waals surface area contributed by atoms with E-state index in [1.807, 2.05) is 0 Å². The van der Waals surface area contributed by atoms with Crippen LogP contribution in [0.4, 0.5) is 0 Å². The van der Waals surface area contributed by atoms with Gasteiger partial charge in [-0.2, -0.15) is 8.42 Å². The molecule has 0 saturated heterocycles. The standard InChI is InChI=1S/C12H11N3O2S/c13-12(10-5-4-8-14-9-10)15-18(16,17)11-6-2-1-3-7-11/h1-9H,(H2,13,15). The molecule has 0 aliphatic heterocycles. The first-order valence-corrected chi connectivity index (χ1v) is 6.59. The molecule has 18 heavy (non-hydrogen) atoms. The zero-order valence-electron chi connectivity index (χ0n) is 9.39. The second-order valence-electron chi connectivity index (χ2n) is 3.51. The third-order valence-corrected chi connectivity index (χ3v) is 3.52. The molecular formula is C12H11N3O2S. The maximum Gasteiger partial charge on any atom is 0.284 e. The van der Waals surface area contributed by atoms with Gasteiger partial charge in [0, 0.05) is 18.0 Å². The molecule has 0 spiro atoms. The quantitative estimate of drug-likeness (QED) is 0.664. The van der Waals surface area contributed by atoms with Gasteiger partial charge in [0.1, 0.15) is 5.84 Å². The van der Waals surface area contributed by atoms with E-state index < -0.39 is 10.0 Å². The van der Waals surface area contributed by atoms with Crippen LogP contribution in [-0.2, 0) is 10.0 Å². The average molecular weight is 261 g/mol. The first-order chi connectivity index (χ1) is 8.59. The third kappa shape index (κ3) is 2.72. The minimum atomic E-state index is -3.77. The molecule has 0 saturated carbocycles. The van der Waals surface area contributed by atoms with Gasteiger partial charge in [0.2, 0.25) is 0 Å². The van der Waals surface area contributed by atoms with E-state index >= 15 is 0 Å². The van der Waals surface area contributed by atoms with Crippen molar-refractivity contribution in [3.63, 3.8) is 0 Å². The highest BCUT2D eigenvalue weighted by atomic mass is 32.2. The molecule has 92 valence electrons. The van der Waals surface area contributed by atoms with E-state index in [0.717, 1.165) is 0 Å². The molecule has 1 aromatic carbocycles. The lowest BCUT2D eigenvalue weighted by Gasteiger charge is -2.01. The van der Waals surface area contributed by atoms with Crippen LogP contribution in [0, 0.1) is 0 Å². The molecule has 0 amide bonds. The maximum atomic E-state index is 11.9. The van der Waals surface area contributed by atoms with Crippen LogP contribution in [0.5, 0.6) is 0 Å². The molecular weight excluding hydrogens is 250 g/mol. The van der Waals surface area contributed by atoms with Gasteiger partial charge in [-0.3, -0.25) is 4.98 Å². The minimum Gasteiger partial charge on any atom is -0.382 e. The van der Waals surface area contributed by atoms with Crippen LogP contribution in [-0.4, -0.2) is 19.2 Å². The van der Waals surface area contributed by atoms with Crippen LogP contribution in [0.3, 0.4) is 0 Å². The molecule has 0 unspecified atom stereocenters. The lowest BCUT2D eigenvalue weighted by Crippen LogP contribution is -2.16. The fourth-order valence-electron chi connectivity index (χ4n) is 1.34. The number of nitrogens with two attached hydrogens (primary N) is 1. The summed E-state index contributed by atoms with van der Waals surface area (Å²) < 4.78 is 27.4. The van der Waals surface area contributed by atoms with Crippen LogP contribution in [0.1, 0.15) is 5.56 Å². The molecule has 5 nitrogen and oxygen atoms in total. The normalized spacial score (nSPS) is 12.3. The molecule has 1 heterocycles. The Labute approximate surface area is 105 Å². The van der Waals surface area contributed by atoms with Gasteiger partial charge >= 0.3 is 0 Å². The molecule has 2 rings (SSSR count). The maximum absolute atomic E-state index is 11.9. The van der Waals surface area contributed by atoms with Crippen molar-refractivity contribution < 1.29 is 8.42 Å². The Bertz CT molecular complexity index is 652. The van der Waals surface area contributed by atoms with E-state index in [-0.39, 0.29) is 10.7 Å². The van der Waals surface area contributed by atoms with Gasteiger partial charge in [-0.15, -0.1) is 4.40 Å². The molecule has 0 bridgehead atoms. The summed E-state index contributed by atoms with van der Waals surface area (Å²) in [6, 6.07) is 11.2. The first kappa shape index (κ1) is 12.3. The summed E-state index contributed by atoms with van der Waals surface area (Å²) in [4.78, 5) is 3.96. The monoisotopic (exact) mass is 261 g/mol. The third-order valence-electron chi connectivity index (χ3n) is 2.22. The van der Waals surface area contributed by atoms with Crippen molar-refractivity contribution in [2.45, 2.75) is 4.90 Å². The molecule has 2 N–H and O–H groups in total. The number of aromatic nitrogens is 1. The van der Waals surface area contributed by atoms with E-state index in [4.69, 9.17) is 5.73 Å². The van der Waals surface area contributed by atoms with Gasteiger partial charge in [-0.25, -0.2) is 0 Å². The molecule has 0 aliphatic carbocycles. The second-order valence-corrected chi connectivity index (χ2v) is 5.11. The van der Waals surface area contributed by atoms with Crippen molar-refractivity contribution in [3.8, 4) is 0 Å². The summed E-state index contributed by atoms with van der Waals surface area (Å²) in [5.74, 6) is -0.0769. The molecule has 0 aliphatic rings. The zero-order valence-corrected chi connectivity index (χ0v) is 10.2. The highest BCUT2D eigenvalue weighted by Gasteiger charge is 2.13. The smallest absolute Gasteiger partial charge is 0.284 e. The van der Waals surface area contributed by atoms with Crippen LogP contribution in [0.15, 0.2) is 64.2 Å². The molecule has 1 aromatic heterocycles. The highest BCUT2D eigenvalue weighted by molar-refractivity contribution is 7.90. The average Bonchev–Trinajstić information content (AvgIpc) is 2.40. The Morgan fingerprint density at radius 3 is 2.44 bits per heavy atom. The molecule has 0 radical (unpaired) electrons. The van der Waals surface area contributed by atoms with Gasteiger partial charge in [0.05, 0.1) is 4.90 Å². The van der Waals surface area contributed by atoms with Gasteiger partial charge in [-0.05, 0) is 24.3 Å². The number of hydrogen-bond acceptors (Lipinski definition) is 3. The first-order valence-electron chi connectivity index (χ1n) is 5.15. The van der Waals surface area contributed by atoms with Gasteiger partial charge in [0.25, 0.3) is 10.0 Å². The van der Waals surface area contributed by atoms with Crippen molar-refractivity contribution in [3.05, 3.63) is 60.4 Å². The van der Waals surface area contributed by atoms with Gasteiger partial charge in [-0.1, -0.05) is 18.2 Å². The van der Waals surface area contributed by atoms with Crippen molar-refractivity contribution >= 4 is 15.9 Å². The van der Waals surface area contributed by atoms with Crippen LogP contribution < -0.4 is 5.73 Å². The number of amidine groups is 1. The lowest BCUT2D eigenvalue weighted by molar-refractivity contribution is 0.598. The predicted octanol–water partition coefficient (Wildman–Crippen LogP) is 1.18. The molecule has 0 atom stereocenters. The fraction of sp³-hybridized carbons (Fsp3) is 0. The van der Waals surface area contributed by atoms with Crippen LogP contribution in [0.25, 0.3) is 0 Å². The summed E-state index contributed by atoms with van der Waals surface area (Å²) in [6.45, 7) is 0. The summed E-state index contributed by atoms with van der Waals surface area (Å²) in [6.07, 6.45) is 3.03. The van der Waals surface area contributed by atoms with Crippen LogP contribution in [0.2, 0.25) is 0 Å². The highest BCUT2D eigenvalue weighted by Crippen LogP contribution is 2.11. The molecule has 0 fully saturated rings. The Hall–Kier alpha value is -2.21. The Morgan fingerprint density at radius 1 is 1.11 bits per heavy atom. The van der Waals surface area contributed by atoms with Gasteiger partial charge in [0.15, 0.2) is 0 Å². The SMILES string of the molecule is N/C(=N\S(=O)(=O)c1ccccc1)c1cccnc1. The van der Waals surface area contributed by atoms with E-state index in [1.54, 1.807) is 36.5 Å². The summed E-state index contributed by atoms with van der Waals surface area (Å²) in [5.41, 5.74) is 6.12. The Balaban J connectivity index is 2.39. The van der Waals surface area contributed by atoms with Crippen molar-refractivity contribution in [2.24, 2.45) is 10.1 Å². The summed E-state index contributed by atoms with van der Waals surface area (Å²) >= 11 is 0. The van der Waals surface area contributed by atoms with Crippen molar-refractivity contribution in [1.82, 2.24) is 4.98 Å². The van der Waals surface area contributed by atoms with E-state index in [9.17, 15) is 8.42 Å². The second kappa shape index (κ2) is 4.97. The number of hydrogen-bond donors (Lipinski definition) is 1. The van der Waals surface area contributed by atoms with E-state index in [0.29, 0.717) is 5.56 Å². The lowest BCUT2D eigenvalue weighted by atomic mass is 10.3. The van der Waals surface area contributed by atoms with Gasteiger partial charge < -0.3 is 5.73 Å². The summed E-state index contributed by atoms with van der Waals surface area (Å²) in [7, 11) is -3.77. The van der Waals surface area contributed by atoms with Crippen molar-refractivity contribution in [2.75, 3.05) is 0 Å². The van der Waals surface area contributed by atoms with E-state index in [1.165, 1.54) is 18.3 Å². The van der Waals surface area contributed by atoms with Crippen molar-refractivity contribution in [1.29, 1.82) is 0 Å². The topological polar surface area (TPSA) is 85.4 Å². The Morgan fingerprint density at radius 2 is 1.83 bits per heavy atom. The predicted molar refractivity (Wildman–Crippen MR) is 68.6 cm³/mol. The number of benzene rings is 1. The number of sulfonamides is 1. The van der Waals surface area contributed by atoms with E-state index in [2.05, 4.69) is 9.38 Å². The number of rotatable bonds is 3. The molecule has 6 heteroatoms. The summed E-state index contributed by atoms with van der Waals surface area (Å²) in [5, 5.41) is 0. The Kier molecular flexibility index (Phi) is 3.38. The molecule has 2 aromatic rings. The number of nitrogens with zero attached hydrogens (tertiary/aromatic N) is 2.